The summed E-state index contributed by atoms with van der Waals surface area (Å²) in [6, 6.07) is 14.8. The molecule has 2 N–H and O–H groups in total. The Morgan fingerprint density at radius 1 is 0.875 bits per heavy atom. The first-order valence-electron chi connectivity index (χ1n) is 7.88. The molecule has 0 bridgehead atoms. The van der Waals surface area contributed by atoms with Crippen molar-refractivity contribution in [2.75, 3.05) is 32.1 Å². The van der Waals surface area contributed by atoms with Crippen molar-refractivity contribution in [1.29, 1.82) is 0 Å². The third-order valence-electron chi connectivity index (χ3n) is 3.62. The molecule has 5 heteroatoms. The van der Waals surface area contributed by atoms with E-state index in [1.807, 2.05) is 56.3 Å². The van der Waals surface area contributed by atoms with Crippen molar-refractivity contribution in [3.05, 3.63) is 65.2 Å². The minimum Gasteiger partial charge on any atom is -0.378 e. The molecule has 0 aromatic heterocycles. The Morgan fingerprint density at radius 3 is 2.00 bits per heavy atom. The molecule has 2 amide bonds. The SMILES string of the molecule is Cc1cccc(C(=O)NCCNC(=O)c2ccc(N(C)C)cc2)c1. The number of hydrogen-bond donors (Lipinski definition) is 2. The smallest absolute Gasteiger partial charge is 0.251 e. The topological polar surface area (TPSA) is 61.4 Å². The average Bonchev–Trinajstić information content (AvgIpc) is 2.58. The molecular weight excluding hydrogens is 302 g/mol. The molecule has 126 valence electrons. The fourth-order valence-corrected chi connectivity index (χ4v) is 2.25. The van der Waals surface area contributed by atoms with E-state index >= 15 is 0 Å². The lowest BCUT2D eigenvalue weighted by Gasteiger charge is -2.12. The van der Waals surface area contributed by atoms with E-state index in [1.54, 1.807) is 18.2 Å². The van der Waals surface area contributed by atoms with Crippen molar-refractivity contribution < 1.29 is 9.59 Å². The summed E-state index contributed by atoms with van der Waals surface area (Å²) in [7, 11) is 3.90. The number of nitrogens with zero attached hydrogens (tertiary/aromatic N) is 1. The molecule has 0 radical (unpaired) electrons. The van der Waals surface area contributed by atoms with E-state index in [4.69, 9.17) is 0 Å². The Hall–Kier alpha value is -2.82. The Kier molecular flexibility index (Phi) is 5.95. The Balaban J connectivity index is 1.77. The van der Waals surface area contributed by atoms with Gasteiger partial charge in [-0.25, -0.2) is 0 Å². The highest BCUT2D eigenvalue weighted by Crippen LogP contribution is 2.11. The molecule has 0 saturated carbocycles. The number of carbonyl (C=O) groups excluding carboxylic acids is 2. The van der Waals surface area contributed by atoms with Gasteiger partial charge in [-0.3, -0.25) is 9.59 Å². The number of benzene rings is 2. The van der Waals surface area contributed by atoms with Crippen LogP contribution in [0.3, 0.4) is 0 Å². The van der Waals surface area contributed by atoms with E-state index in [0.717, 1.165) is 11.3 Å². The number of rotatable bonds is 6. The highest BCUT2D eigenvalue weighted by molar-refractivity contribution is 5.95. The van der Waals surface area contributed by atoms with Gasteiger partial charge in [0.15, 0.2) is 0 Å². The van der Waals surface area contributed by atoms with Crippen LogP contribution in [0.4, 0.5) is 5.69 Å². The van der Waals surface area contributed by atoms with Gasteiger partial charge in [-0.1, -0.05) is 17.7 Å². The largest absolute Gasteiger partial charge is 0.378 e. The van der Waals surface area contributed by atoms with E-state index in [0.29, 0.717) is 24.2 Å². The molecule has 0 saturated heterocycles. The zero-order chi connectivity index (χ0) is 17.5. The molecule has 24 heavy (non-hydrogen) atoms. The lowest BCUT2D eigenvalue weighted by Crippen LogP contribution is -2.34. The Morgan fingerprint density at radius 2 is 1.46 bits per heavy atom. The van der Waals surface area contributed by atoms with E-state index in [1.165, 1.54) is 0 Å². The lowest BCUT2D eigenvalue weighted by atomic mass is 10.1. The molecule has 0 atom stereocenters. The molecular formula is C19H23N3O2. The third-order valence-corrected chi connectivity index (χ3v) is 3.62. The van der Waals surface area contributed by atoms with Crippen LogP contribution in [-0.4, -0.2) is 39.0 Å². The van der Waals surface area contributed by atoms with Gasteiger partial charge in [-0.2, -0.15) is 0 Å². The summed E-state index contributed by atoms with van der Waals surface area (Å²) in [4.78, 5) is 26.0. The molecule has 0 aliphatic heterocycles. The summed E-state index contributed by atoms with van der Waals surface area (Å²) in [6.45, 7) is 2.71. The molecule has 0 aliphatic rings. The third kappa shape index (κ3) is 4.84. The summed E-state index contributed by atoms with van der Waals surface area (Å²) in [5, 5.41) is 5.60. The minimum absolute atomic E-state index is 0.136. The van der Waals surface area contributed by atoms with Crippen molar-refractivity contribution in [3.8, 4) is 0 Å². The van der Waals surface area contributed by atoms with Gasteiger partial charge in [-0.15, -0.1) is 0 Å². The summed E-state index contributed by atoms with van der Waals surface area (Å²) < 4.78 is 0. The Bertz CT molecular complexity index is 709. The molecule has 0 aliphatic carbocycles. The second-order valence-electron chi connectivity index (χ2n) is 5.82. The zero-order valence-corrected chi connectivity index (χ0v) is 14.3. The highest BCUT2D eigenvalue weighted by atomic mass is 16.2. The van der Waals surface area contributed by atoms with Gasteiger partial charge in [0.25, 0.3) is 11.8 Å². The molecule has 2 aromatic carbocycles. The lowest BCUT2D eigenvalue weighted by molar-refractivity contribution is 0.0927. The Labute approximate surface area is 142 Å². The first-order chi connectivity index (χ1) is 11.5. The standard InChI is InChI=1S/C19H23N3O2/c1-14-5-4-6-16(13-14)19(24)21-12-11-20-18(23)15-7-9-17(10-8-15)22(2)3/h4-10,13H,11-12H2,1-3H3,(H,20,23)(H,21,24). The first kappa shape index (κ1) is 17.5. The second-order valence-corrected chi connectivity index (χ2v) is 5.82. The van der Waals surface area contributed by atoms with Crippen molar-refractivity contribution in [2.45, 2.75) is 6.92 Å². The predicted octanol–water partition coefficient (Wildman–Crippen LogP) is 2.22. The zero-order valence-electron chi connectivity index (χ0n) is 14.3. The van der Waals surface area contributed by atoms with E-state index in [-0.39, 0.29) is 11.8 Å². The first-order valence-corrected chi connectivity index (χ1v) is 7.88. The minimum atomic E-state index is -0.148. The van der Waals surface area contributed by atoms with Crippen LogP contribution in [0.1, 0.15) is 26.3 Å². The van der Waals surface area contributed by atoms with Gasteiger partial charge >= 0.3 is 0 Å². The average molecular weight is 325 g/mol. The number of amides is 2. The normalized spacial score (nSPS) is 10.1. The van der Waals surface area contributed by atoms with Gasteiger partial charge < -0.3 is 15.5 Å². The van der Waals surface area contributed by atoms with E-state index in [9.17, 15) is 9.59 Å². The molecule has 0 unspecified atom stereocenters. The van der Waals surface area contributed by atoms with Crippen LogP contribution in [0.5, 0.6) is 0 Å². The van der Waals surface area contributed by atoms with Gasteiger partial charge in [0, 0.05) is 44.0 Å². The van der Waals surface area contributed by atoms with Crippen LogP contribution in [-0.2, 0) is 0 Å². The van der Waals surface area contributed by atoms with Crippen LogP contribution in [0.2, 0.25) is 0 Å². The predicted molar refractivity (Wildman–Crippen MR) is 96.6 cm³/mol. The maximum atomic E-state index is 12.0. The number of nitrogens with one attached hydrogen (secondary N) is 2. The molecule has 0 heterocycles. The van der Waals surface area contributed by atoms with Crippen LogP contribution in [0.25, 0.3) is 0 Å². The van der Waals surface area contributed by atoms with Gasteiger partial charge in [0.05, 0.1) is 0 Å². The van der Waals surface area contributed by atoms with Gasteiger partial charge in [-0.05, 0) is 43.3 Å². The molecule has 0 fully saturated rings. The molecule has 2 rings (SSSR count). The monoisotopic (exact) mass is 325 g/mol. The van der Waals surface area contributed by atoms with Gasteiger partial charge in [0.1, 0.15) is 0 Å². The molecule has 5 nitrogen and oxygen atoms in total. The van der Waals surface area contributed by atoms with Crippen LogP contribution in [0.15, 0.2) is 48.5 Å². The fraction of sp³-hybridized carbons (Fsp3) is 0.263. The summed E-state index contributed by atoms with van der Waals surface area (Å²) in [6.07, 6.45) is 0. The van der Waals surface area contributed by atoms with Crippen LogP contribution < -0.4 is 15.5 Å². The number of anilines is 1. The fourth-order valence-electron chi connectivity index (χ4n) is 2.25. The van der Waals surface area contributed by atoms with Crippen LogP contribution >= 0.6 is 0 Å². The highest BCUT2D eigenvalue weighted by Gasteiger charge is 2.07. The van der Waals surface area contributed by atoms with Crippen LogP contribution in [0, 0.1) is 6.92 Å². The van der Waals surface area contributed by atoms with E-state index < -0.39 is 0 Å². The maximum Gasteiger partial charge on any atom is 0.251 e. The number of carbonyl (C=O) groups is 2. The van der Waals surface area contributed by atoms with E-state index in [2.05, 4.69) is 10.6 Å². The van der Waals surface area contributed by atoms with Crippen molar-refractivity contribution in [1.82, 2.24) is 10.6 Å². The van der Waals surface area contributed by atoms with Gasteiger partial charge in [0.2, 0.25) is 0 Å². The quantitative estimate of drug-likeness (QED) is 0.801. The van der Waals surface area contributed by atoms with Crippen molar-refractivity contribution in [2.24, 2.45) is 0 Å². The van der Waals surface area contributed by atoms with Crippen molar-refractivity contribution >= 4 is 17.5 Å². The number of aryl methyl sites for hydroxylation is 1. The number of hydrogen-bond acceptors (Lipinski definition) is 3. The summed E-state index contributed by atoms with van der Waals surface area (Å²) in [5.74, 6) is -0.284. The summed E-state index contributed by atoms with van der Waals surface area (Å²) in [5.41, 5.74) is 3.31. The summed E-state index contributed by atoms with van der Waals surface area (Å²) >= 11 is 0. The maximum absolute atomic E-state index is 12.0. The van der Waals surface area contributed by atoms with Crippen molar-refractivity contribution in [3.63, 3.8) is 0 Å². The molecule has 0 spiro atoms. The second kappa shape index (κ2) is 8.15. The molecule has 2 aromatic rings.